The number of thiophene rings is 1. The van der Waals surface area contributed by atoms with Crippen LogP contribution in [-0.2, 0) is 6.42 Å². The Morgan fingerprint density at radius 1 is 1.17 bits per heavy atom. The summed E-state index contributed by atoms with van der Waals surface area (Å²) in [4.78, 5) is 34.2. The summed E-state index contributed by atoms with van der Waals surface area (Å²) in [5.41, 5.74) is 3.07. The Kier molecular flexibility index (Phi) is 4.40. The van der Waals surface area contributed by atoms with E-state index in [1.165, 1.54) is 4.68 Å². The van der Waals surface area contributed by atoms with E-state index >= 15 is 0 Å². The standard InChI is InChI=1S/C23H20N4O2S/c1-26(2)13-18-15(19-9-6-10-30-19)11-16-17(21(18)28)12-24-22-20(16)23(29)27(25-22)14-7-4-3-5-8-14/h3-10,12-13,15H,11H2,1-2H3,(H,24,25)/b18-13-/t15-/m0/s1. The van der Waals surface area contributed by atoms with Gasteiger partial charge in [0.15, 0.2) is 11.4 Å². The lowest BCUT2D eigenvalue weighted by Crippen LogP contribution is -2.25. The summed E-state index contributed by atoms with van der Waals surface area (Å²) in [5, 5.41) is 5.61. The van der Waals surface area contributed by atoms with E-state index in [0.29, 0.717) is 23.0 Å². The molecule has 30 heavy (non-hydrogen) atoms. The molecule has 1 atom stereocenters. The molecule has 0 fully saturated rings. The maximum Gasteiger partial charge on any atom is 0.281 e. The van der Waals surface area contributed by atoms with Gasteiger partial charge in [0.2, 0.25) is 0 Å². The lowest BCUT2D eigenvalue weighted by atomic mass is 9.78. The highest BCUT2D eigenvalue weighted by Crippen LogP contribution is 2.40. The van der Waals surface area contributed by atoms with Gasteiger partial charge in [-0.15, -0.1) is 11.3 Å². The maximum atomic E-state index is 13.4. The molecule has 0 saturated heterocycles. The van der Waals surface area contributed by atoms with Crippen LogP contribution >= 0.6 is 11.3 Å². The second kappa shape index (κ2) is 7.11. The molecule has 5 rings (SSSR count). The van der Waals surface area contributed by atoms with E-state index in [9.17, 15) is 9.59 Å². The first kappa shape index (κ1) is 18.6. The second-order valence-corrected chi connectivity index (χ2v) is 8.59. The molecule has 0 radical (unpaired) electrons. The van der Waals surface area contributed by atoms with Gasteiger partial charge < -0.3 is 4.90 Å². The highest BCUT2D eigenvalue weighted by Gasteiger charge is 2.35. The van der Waals surface area contributed by atoms with Gasteiger partial charge in [-0.05, 0) is 35.6 Å². The van der Waals surface area contributed by atoms with E-state index in [2.05, 4.69) is 16.1 Å². The summed E-state index contributed by atoms with van der Waals surface area (Å²) in [5.74, 6) is -0.151. The maximum absolute atomic E-state index is 13.4. The zero-order valence-electron chi connectivity index (χ0n) is 16.6. The molecule has 4 aromatic rings. The number of rotatable bonds is 3. The number of Topliss-reactive ketones (excluding diaryl/α,β-unsaturated/α-hetero) is 1. The number of para-hydroxylation sites is 1. The number of allylic oxidation sites excluding steroid dienone is 1. The molecule has 0 saturated carbocycles. The monoisotopic (exact) mass is 416 g/mol. The Bertz CT molecular complexity index is 1330. The number of aromatic nitrogens is 3. The largest absolute Gasteiger partial charge is 0.383 e. The van der Waals surface area contributed by atoms with E-state index in [1.54, 1.807) is 17.5 Å². The highest BCUT2D eigenvalue weighted by molar-refractivity contribution is 7.10. The van der Waals surface area contributed by atoms with Gasteiger partial charge in [0.05, 0.1) is 11.1 Å². The second-order valence-electron chi connectivity index (χ2n) is 7.61. The average Bonchev–Trinajstić information content (AvgIpc) is 3.39. The first-order valence-corrected chi connectivity index (χ1v) is 10.6. The molecule has 1 aromatic carbocycles. The van der Waals surface area contributed by atoms with Crippen molar-refractivity contribution in [3.05, 3.63) is 92.2 Å². The van der Waals surface area contributed by atoms with E-state index in [1.807, 2.05) is 67.0 Å². The lowest BCUT2D eigenvalue weighted by Gasteiger charge is -2.27. The molecule has 3 aromatic heterocycles. The third-order valence-corrected chi connectivity index (χ3v) is 6.40. The van der Waals surface area contributed by atoms with Crippen molar-refractivity contribution in [3.8, 4) is 5.69 Å². The molecular weight excluding hydrogens is 396 g/mol. The van der Waals surface area contributed by atoms with Crippen LogP contribution < -0.4 is 5.56 Å². The molecule has 6 nitrogen and oxygen atoms in total. The molecule has 0 amide bonds. The minimum absolute atomic E-state index is 0.0652. The fourth-order valence-electron chi connectivity index (χ4n) is 4.10. The molecule has 0 aliphatic heterocycles. The number of nitrogens with one attached hydrogen (secondary N) is 1. The predicted octanol–water partition coefficient (Wildman–Crippen LogP) is 3.74. The van der Waals surface area contributed by atoms with Crippen LogP contribution in [0.3, 0.4) is 0 Å². The average molecular weight is 417 g/mol. The van der Waals surface area contributed by atoms with Crippen LogP contribution in [0.4, 0.5) is 0 Å². The van der Waals surface area contributed by atoms with Crippen molar-refractivity contribution >= 4 is 28.2 Å². The molecule has 0 spiro atoms. The van der Waals surface area contributed by atoms with Gasteiger partial charge in [-0.25, -0.2) is 9.67 Å². The first-order chi connectivity index (χ1) is 14.5. The highest BCUT2D eigenvalue weighted by atomic mass is 32.1. The number of fused-ring (bicyclic) bond motifs is 3. The third kappa shape index (κ3) is 2.90. The third-order valence-electron chi connectivity index (χ3n) is 5.41. The number of H-pyrrole nitrogens is 1. The Morgan fingerprint density at radius 2 is 1.97 bits per heavy atom. The summed E-state index contributed by atoms with van der Waals surface area (Å²) in [6, 6.07) is 13.4. The number of carbonyl (C=O) groups is 1. The van der Waals surface area contributed by atoms with Gasteiger partial charge in [0.25, 0.3) is 5.56 Å². The Balaban J connectivity index is 1.74. The number of ketones is 1. The van der Waals surface area contributed by atoms with Crippen molar-refractivity contribution in [1.82, 2.24) is 19.7 Å². The lowest BCUT2D eigenvalue weighted by molar-refractivity contribution is 0.102. The number of pyridine rings is 1. The van der Waals surface area contributed by atoms with Crippen LogP contribution in [0, 0.1) is 0 Å². The number of carbonyl (C=O) groups excluding carboxylic acids is 1. The fraction of sp³-hybridized carbons (Fsp3) is 0.174. The molecule has 0 bridgehead atoms. The minimum atomic E-state index is -0.182. The normalized spacial score (nSPS) is 17.5. The first-order valence-electron chi connectivity index (χ1n) is 9.69. The summed E-state index contributed by atoms with van der Waals surface area (Å²) >= 11 is 1.63. The van der Waals surface area contributed by atoms with E-state index in [-0.39, 0.29) is 17.3 Å². The van der Waals surface area contributed by atoms with E-state index in [4.69, 9.17) is 0 Å². The van der Waals surface area contributed by atoms with E-state index in [0.717, 1.165) is 21.7 Å². The van der Waals surface area contributed by atoms with Crippen molar-refractivity contribution in [1.29, 1.82) is 0 Å². The molecule has 1 N–H and O–H groups in total. The Labute approximate surface area is 177 Å². The Morgan fingerprint density at radius 3 is 2.67 bits per heavy atom. The van der Waals surface area contributed by atoms with Gasteiger partial charge in [-0.3, -0.25) is 14.7 Å². The smallest absolute Gasteiger partial charge is 0.281 e. The summed E-state index contributed by atoms with van der Waals surface area (Å²) in [6.45, 7) is 0. The van der Waals surface area contributed by atoms with Crippen molar-refractivity contribution in [2.45, 2.75) is 12.3 Å². The zero-order valence-corrected chi connectivity index (χ0v) is 17.4. The van der Waals surface area contributed by atoms with Crippen molar-refractivity contribution in [2.24, 2.45) is 0 Å². The number of hydrogen-bond acceptors (Lipinski definition) is 5. The van der Waals surface area contributed by atoms with Crippen LogP contribution in [0.2, 0.25) is 0 Å². The summed E-state index contributed by atoms with van der Waals surface area (Å²) in [6.07, 6.45) is 4.07. The topological polar surface area (TPSA) is 71.0 Å². The van der Waals surface area contributed by atoms with Crippen LogP contribution in [0.1, 0.15) is 26.7 Å². The Hall–Kier alpha value is -3.45. The molecule has 7 heteroatoms. The van der Waals surface area contributed by atoms with Crippen molar-refractivity contribution < 1.29 is 4.79 Å². The van der Waals surface area contributed by atoms with Crippen molar-refractivity contribution in [2.75, 3.05) is 14.1 Å². The van der Waals surface area contributed by atoms with Crippen LogP contribution in [-0.4, -0.2) is 39.5 Å². The summed E-state index contributed by atoms with van der Waals surface area (Å²) in [7, 11) is 3.82. The number of aromatic amines is 1. The van der Waals surface area contributed by atoms with Crippen LogP contribution in [0.25, 0.3) is 16.7 Å². The zero-order chi connectivity index (χ0) is 20.8. The van der Waals surface area contributed by atoms with Crippen LogP contribution in [0.15, 0.2) is 70.6 Å². The number of nitrogens with zero attached hydrogens (tertiary/aromatic N) is 3. The number of benzene rings is 1. The molecule has 1 aliphatic carbocycles. The van der Waals surface area contributed by atoms with Gasteiger partial charge in [-0.1, -0.05) is 24.3 Å². The molecule has 1 aliphatic rings. The van der Waals surface area contributed by atoms with Gasteiger partial charge >= 0.3 is 0 Å². The molecular formula is C23H20N4O2S. The molecule has 150 valence electrons. The predicted molar refractivity (Wildman–Crippen MR) is 119 cm³/mol. The quantitative estimate of drug-likeness (QED) is 0.517. The number of hydrogen-bond donors (Lipinski definition) is 1. The van der Waals surface area contributed by atoms with Gasteiger partial charge in [0.1, 0.15) is 0 Å². The SMILES string of the molecule is CN(C)/C=C1\C(=O)c2cnc3[nH]n(-c4ccccc4)c(=O)c3c2C[C@@H]1c1cccs1. The molecule has 3 heterocycles. The fourth-order valence-corrected chi connectivity index (χ4v) is 4.94. The minimum Gasteiger partial charge on any atom is -0.383 e. The van der Waals surface area contributed by atoms with Crippen LogP contribution in [0.5, 0.6) is 0 Å². The van der Waals surface area contributed by atoms with Crippen molar-refractivity contribution in [3.63, 3.8) is 0 Å². The van der Waals surface area contributed by atoms with Gasteiger partial charge in [0, 0.05) is 48.4 Å². The summed E-state index contributed by atoms with van der Waals surface area (Å²) < 4.78 is 1.49. The molecule has 0 unspecified atom stereocenters. The van der Waals surface area contributed by atoms with Gasteiger partial charge in [-0.2, -0.15) is 0 Å². The van der Waals surface area contributed by atoms with E-state index < -0.39 is 0 Å².